The van der Waals surface area contributed by atoms with Crippen molar-refractivity contribution >= 4 is 10.9 Å². The molecule has 2 heteroatoms. The molecule has 1 aromatic carbocycles. The van der Waals surface area contributed by atoms with Gasteiger partial charge < -0.3 is 10.7 Å². The van der Waals surface area contributed by atoms with Crippen molar-refractivity contribution in [2.45, 2.75) is 24.7 Å². The zero-order valence-electron chi connectivity index (χ0n) is 8.79. The van der Waals surface area contributed by atoms with E-state index in [2.05, 4.69) is 35.4 Å². The van der Waals surface area contributed by atoms with Gasteiger partial charge in [0.2, 0.25) is 0 Å². The van der Waals surface area contributed by atoms with Gasteiger partial charge >= 0.3 is 0 Å². The Hall–Kier alpha value is -1.28. The van der Waals surface area contributed by atoms with Crippen LogP contribution in [0.1, 0.15) is 24.8 Å². The first-order valence-electron chi connectivity index (χ1n) is 5.62. The van der Waals surface area contributed by atoms with Crippen LogP contribution < -0.4 is 5.73 Å². The number of aromatic amines is 1. The van der Waals surface area contributed by atoms with E-state index in [0.717, 1.165) is 6.54 Å². The summed E-state index contributed by atoms with van der Waals surface area (Å²) in [7, 11) is 0. The number of benzene rings is 1. The number of rotatable bonds is 2. The summed E-state index contributed by atoms with van der Waals surface area (Å²) in [5.74, 6) is 0. The van der Waals surface area contributed by atoms with Crippen molar-refractivity contribution in [3.8, 4) is 0 Å². The predicted molar refractivity (Wildman–Crippen MR) is 62.9 cm³/mol. The van der Waals surface area contributed by atoms with Crippen LogP contribution in [-0.4, -0.2) is 11.5 Å². The normalized spacial score (nSPS) is 19.0. The summed E-state index contributed by atoms with van der Waals surface area (Å²) in [5.41, 5.74) is 8.85. The van der Waals surface area contributed by atoms with Gasteiger partial charge in [0.25, 0.3) is 0 Å². The first kappa shape index (κ1) is 8.98. The Morgan fingerprint density at radius 2 is 2.07 bits per heavy atom. The van der Waals surface area contributed by atoms with Crippen molar-refractivity contribution in [2.24, 2.45) is 5.73 Å². The quantitative estimate of drug-likeness (QED) is 0.768. The lowest BCUT2D eigenvalue weighted by atomic mass is 9.64. The molecule has 1 heterocycles. The average molecular weight is 200 g/mol. The van der Waals surface area contributed by atoms with Gasteiger partial charge in [-0.25, -0.2) is 0 Å². The molecule has 1 fully saturated rings. The highest BCUT2D eigenvalue weighted by atomic mass is 14.7. The Kier molecular flexibility index (Phi) is 1.86. The predicted octanol–water partition coefficient (Wildman–Crippen LogP) is 2.55. The first-order valence-corrected chi connectivity index (χ1v) is 5.62. The second-order valence-electron chi connectivity index (χ2n) is 4.59. The van der Waals surface area contributed by atoms with Crippen molar-refractivity contribution in [1.29, 1.82) is 0 Å². The maximum atomic E-state index is 5.94. The van der Waals surface area contributed by atoms with Crippen LogP contribution in [0.25, 0.3) is 10.9 Å². The summed E-state index contributed by atoms with van der Waals surface area (Å²) >= 11 is 0. The molecule has 78 valence electrons. The van der Waals surface area contributed by atoms with Crippen LogP contribution in [0, 0.1) is 0 Å². The fourth-order valence-electron chi connectivity index (χ4n) is 2.70. The van der Waals surface area contributed by atoms with Gasteiger partial charge in [0.05, 0.1) is 0 Å². The number of fused-ring (bicyclic) bond motifs is 1. The molecule has 2 aromatic rings. The number of nitrogens with one attached hydrogen (secondary N) is 1. The van der Waals surface area contributed by atoms with Gasteiger partial charge in [-0.3, -0.25) is 0 Å². The molecule has 0 saturated heterocycles. The maximum Gasteiger partial charge on any atom is 0.0457 e. The zero-order valence-corrected chi connectivity index (χ0v) is 8.79. The van der Waals surface area contributed by atoms with Crippen LogP contribution >= 0.6 is 0 Å². The van der Waals surface area contributed by atoms with E-state index >= 15 is 0 Å². The highest BCUT2D eigenvalue weighted by Gasteiger charge is 2.38. The summed E-state index contributed by atoms with van der Waals surface area (Å²) in [6.45, 7) is 0.773. The van der Waals surface area contributed by atoms with Crippen LogP contribution in [0.15, 0.2) is 30.5 Å². The van der Waals surface area contributed by atoms with Gasteiger partial charge in [0.15, 0.2) is 0 Å². The topological polar surface area (TPSA) is 41.8 Å². The van der Waals surface area contributed by atoms with Gasteiger partial charge in [0, 0.05) is 29.1 Å². The van der Waals surface area contributed by atoms with Gasteiger partial charge in [-0.15, -0.1) is 0 Å². The number of para-hydroxylation sites is 1. The lowest BCUT2D eigenvalue weighted by molar-refractivity contribution is 0.255. The summed E-state index contributed by atoms with van der Waals surface area (Å²) < 4.78 is 0. The van der Waals surface area contributed by atoms with E-state index in [1.54, 1.807) is 0 Å². The molecule has 2 nitrogen and oxygen atoms in total. The Morgan fingerprint density at radius 1 is 1.27 bits per heavy atom. The molecule has 3 rings (SSSR count). The van der Waals surface area contributed by atoms with Gasteiger partial charge in [-0.2, -0.15) is 0 Å². The van der Waals surface area contributed by atoms with E-state index in [-0.39, 0.29) is 5.41 Å². The zero-order chi connectivity index (χ0) is 10.3. The van der Waals surface area contributed by atoms with Gasteiger partial charge in [-0.05, 0) is 24.5 Å². The van der Waals surface area contributed by atoms with Crippen molar-refractivity contribution < 1.29 is 0 Å². The summed E-state index contributed by atoms with van der Waals surface area (Å²) in [4.78, 5) is 3.34. The lowest BCUT2D eigenvalue weighted by Crippen LogP contribution is -2.41. The van der Waals surface area contributed by atoms with Crippen molar-refractivity contribution in [1.82, 2.24) is 4.98 Å². The molecule has 0 spiro atoms. The number of hydrogen-bond acceptors (Lipinski definition) is 1. The molecule has 0 unspecified atom stereocenters. The molecule has 0 aliphatic heterocycles. The minimum Gasteiger partial charge on any atom is -0.361 e. The fraction of sp³-hybridized carbons (Fsp3) is 0.385. The number of H-pyrrole nitrogens is 1. The molecule has 0 bridgehead atoms. The Morgan fingerprint density at radius 3 is 2.73 bits per heavy atom. The molecule has 0 amide bonds. The van der Waals surface area contributed by atoms with Crippen LogP contribution in [0.4, 0.5) is 0 Å². The Bertz CT molecular complexity index is 474. The molecule has 15 heavy (non-hydrogen) atoms. The third kappa shape index (κ3) is 1.15. The number of nitrogens with two attached hydrogens (primary N) is 1. The molecular formula is C13H16N2. The van der Waals surface area contributed by atoms with Crippen molar-refractivity contribution in [3.63, 3.8) is 0 Å². The minimum absolute atomic E-state index is 0.263. The summed E-state index contributed by atoms with van der Waals surface area (Å²) in [6, 6.07) is 8.49. The van der Waals surface area contributed by atoms with Gasteiger partial charge in [-0.1, -0.05) is 24.6 Å². The fourth-order valence-corrected chi connectivity index (χ4v) is 2.70. The molecule has 1 aliphatic carbocycles. The number of hydrogen-bond donors (Lipinski definition) is 2. The molecule has 1 saturated carbocycles. The smallest absolute Gasteiger partial charge is 0.0457 e. The Balaban J connectivity index is 2.18. The molecule has 1 aliphatic rings. The van der Waals surface area contributed by atoms with Gasteiger partial charge in [0.1, 0.15) is 0 Å². The van der Waals surface area contributed by atoms with E-state index in [0.29, 0.717) is 0 Å². The molecule has 1 aromatic heterocycles. The first-order chi connectivity index (χ1) is 7.36. The molecule has 3 N–H and O–H groups in total. The minimum atomic E-state index is 0.263. The molecular weight excluding hydrogens is 184 g/mol. The third-order valence-electron chi connectivity index (χ3n) is 3.86. The average Bonchev–Trinajstić information content (AvgIpc) is 2.62. The summed E-state index contributed by atoms with van der Waals surface area (Å²) in [6.07, 6.45) is 5.95. The number of aromatic nitrogens is 1. The van der Waals surface area contributed by atoms with Crippen LogP contribution in [-0.2, 0) is 5.41 Å². The van der Waals surface area contributed by atoms with Crippen LogP contribution in [0.3, 0.4) is 0 Å². The monoisotopic (exact) mass is 200 g/mol. The second-order valence-corrected chi connectivity index (χ2v) is 4.59. The third-order valence-corrected chi connectivity index (χ3v) is 3.86. The maximum absolute atomic E-state index is 5.94. The molecule has 0 radical (unpaired) electrons. The second kappa shape index (κ2) is 3.11. The van der Waals surface area contributed by atoms with E-state index in [9.17, 15) is 0 Å². The van der Waals surface area contributed by atoms with E-state index < -0.39 is 0 Å². The van der Waals surface area contributed by atoms with Crippen molar-refractivity contribution in [2.75, 3.05) is 6.54 Å². The largest absolute Gasteiger partial charge is 0.361 e. The van der Waals surface area contributed by atoms with E-state index in [1.807, 2.05) is 0 Å². The van der Waals surface area contributed by atoms with Crippen LogP contribution in [0.2, 0.25) is 0 Å². The van der Waals surface area contributed by atoms with E-state index in [1.165, 1.54) is 35.7 Å². The Labute approximate surface area is 89.5 Å². The van der Waals surface area contributed by atoms with E-state index in [4.69, 9.17) is 5.73 Å². The van der Waals surface area contributed by atoms with Crippen LogP contribution in [0.5, 0.6) is 0 Å². The highest BCUT2D eigenvalue weighted by Crippen LogP contribution is 2.45. The summed E-state index contributed by atoms with van der Waals surface area (Å²) in [5, 5.41) is 1.35. The lowest BCUT2D eigenvalue weighted by Gasteiger charge is -2.41. The standard InChI is InChI=1S/C13H16N2/c14-9-13(6-3-7-13)11-8-15-12-5-2-1-4-10(11)12/h1-2,4-5,8,15H,3,6-7,9,14H2. The highest BCUT2D eigenvalue weighted by molar-refractivity contribution is 5.84. The molecule has 0 atom stereocenters. The van der Waals surface area contributed by atoms with Crippen molar-refractivity contribution in [3.05, 3.63) is 36.0 Å². The SMILES string of the molecule is NCC1(c2c[nH]c3ccccc23)CCC1.